The molecule has 1 heterocycles. The van der Waals surface area contributed by atoms with Gasteiger partial charge in [-0.25, -0.2) is 0 Å². The summed E-state index contributed by atoms with van der Waals surface area (Å²) in [5.41, 5.74) is 1.46. The first-order valence-electron chi connectivity index (χ1n) is 12.8. The minimum Gasteiger partial charge on any atom is -0.0965 e. The van der Waals surface area contributed by atoms with Gasteiger partial charge in [0.1, 0.15) is 0 Å². The minimum atomic E-state index is 0.501. The number of nitrogens with zero attached hydrogens (tertiary/aromatic N) is 2. The molecule has 1 aliphatic rings. The van der Waals surface area contributed by atoms with E-state index in [0.717, 1.165) is 12.6 Å². The van der Waals surface area contributed by atoms with Crippen LogP contribution in [0.3, 0.4) is 0 Å². The van der Waals surface area contributed by atoms with Crippen molar-refractivity contribution in [3.05, 3.63) is 42.1 Å². The molecule has 2 unspecified atom stereocenters. The Kier molecular flexibility index (Phi) is 13.3. The number of aliphatic imine (C=N–C) groups is 2. The fraction of sp³-hybridized carbons (Fsp3) is 0.679. The van der Waals surface area contributed by atoms with Crippen molar-refractivity contribution < 1.29 is 0 Å². The highest BCUT2D eigenvalue weighted by atomic mass is 15.0. The van der Waals surface area contributed by atoms with Gasteiger partial charge in [0.2, 0.25) is 6.17 Å². The molecule has 2 rings (SSSR count). The third-order valence-electron chi connectivity index (χ3n) is 6.52. The molecule has 1 aromatic rings. The van der Waals surface area contributed by atoms with Crippen LogP contribution in [0.4, 0.5) is 0 Å². The summed E-state index contributed by atoms with van der Waals surface area (Å²) < 4.78 is 0. The third-order valence-corrected chi connectivity index (χ3v) is 6.52. The van der Waals surface area contributed by atoms with Gasteiger partial charge in [-0.1, -0.05) is 131 Å². The Balaban J connectivity index is 1.91. The number of benzene rings is 1. The van der Waals surface area contributed by atoms with E-state index >= 15 is 0 Å². The first kappa shape index (κ1) is 24.7. The summed E-state index contributed by atoms with van der Waals surface area (Å²) in [5.74, 6) is 1.15. The van der Waals surface area contributed by atoms with Crippen LogP contribution in [-0.2, 0) is 6.42 Å². The minimum absolute atomic E-state index is 0.501. The molecule has 0 bridgehead atoms. The lowest BCUT2D eigenvalue weighted by molar-refractivity contribution is 0.284. The molecule has 0 saturated carbocycles. The first-order chi connectivity index (χ1) is 14.8. The lowest BCUT2D eigenvalue weighted by atomic mass is 9.78. The maximum atomic E-state index is 4.65. The summed E-state index contributed by atoms with van der Waals surface area (Å²) in [5, 5.41) is 0. The van der Waals surface area contributed by atoms with Gasteiger partial charge in [0, 0.05) is 0 Å². The summed E-state index contributed by atoms with van der Waals surface area (Å²) in [4.78, 5) is 9.31. The second-order valence-corrected chi connectivity index (χ2v) is 9.08. The van der Waals surface area contributed by atoms with E-state index in [2.05, 4.69) is 54.2 Å². The maximum absolute atomic E-state index is 4.65. The molecule has 0 fully saturated rings. The van der Waals surface area contributed by atoms with Crippen molar-refractivity contribution in [1.29, 1.82) is 0 Å². The zero-order chi connectivity index (χ0) is 21.3. The molecular weight excluding hydrogens is 364 g/mol. The molecule has 0 aliphatic carbocycles. The Morgan fingerprint density at radius 3 is 1.83 bits per heavy atom. The normalized spacial score (nSPS) is 15.1. The second-order valence-electron chi connectivity index (χ2n) is 9.08. The molecule has 0 aromatic heterocycles. The van der Waals surface area contributed by atoms with E-state index in [1.807, 2.05) is 12.4 Å². The van der Waals surface area contributed by atoms with Gasteiger partial charge in [-0.05, 0) is 30.7 Å². The van der Waals surface area contributed by atoms with Gasteiger partial charge in [-0.3, -0.25) is 0 Å². The zero-order valence-corrected chi connectivity index (χ0v) is 19.7. The quantitative estimate of drug-likeness (QED) is 0.171. The summed E-state index contributed by atoms with van der Waals surface area (Å²) in [6, 6.07) is 11.1. The van der Waals surface area contributed by atoms with Gasteiger partial charge in [0.25, 0.3) is 0 Å². The average Bonchev–Trinajstić information content (AvgIpc) is 3.30. The van der Waals surface area contributed by atoms with Crippen molar-refractivity contribution in [3.63, 3.8) is 0 Å². The lowest BCUT2D eigenvalue weighted by Gasteiger charge is -2.26. The highest BCUT2D eigenvalue weighted by Gasteiger charge is 2.35. The molecule has 0 saturated heterocycles. The Morgan fingerprint density at radius 1 is 0.667 bits per heavy atom. The van der Waals surface area contributed by atoms with E-state index in [4.69, 9.17) is 0 Å². The second kappa shape index (κ2) is 16.2. The van der Waals surface area contributed by atoms with Crippen LogP contribution in [0.5, 0.6) is 0 Å². The molecule has 0 radical (unpaired) electrons. The van der Waals surface area contributed by atoms with Gasteiger partial charge in [0.15, 0.2) is 12.4 Å². The van der Waals surface area contributed by atoms with Crippen LogP contribution in [0.25, 0.3) is 0 Å². The molecule has 30 heavy (non-hydrogen) atoms. The molecule has 166 valence electrons. The molecule has 1 aromatic carbocycles. The molecule has 2 atom stereocenters. The Bertz CT molecular complexity index is 566. The predicted octanol–water partition coefficient (Wildman–Crippen LogP) is 8.61. The molecule has 0 amide bonds. The largest absolute Gasteiger partial charge is 0.244 e. The summed E-state index contributed by atoms with van der Waals surface area (Å²) >= 11 is 0. The standard InChI is InChI=1S/C28H45N2/c1-3-5-7-9-10-11-12-16-20-26(24-25-18-14-13-15-19-25)27(21-17-8-6-4-2)28-29-22-23-30-28/h13-15,18-19,22-23,26-27H,3-12,16-17,20-21,24H2,1-2H3/q+1. The maximum Gasteiger partial charge on any atom is 0.244 e. The molecule has 2 nitrogen and oxygen atoms in total. The number of hydrogen-bond acceptors (Lipinski definition) is 2. The van der Waals surface area contributed by atoms with Crippen molar-refractivity contribution >= 4 is 12.4 Å². The monoisotopic (exact) mass is 409 g/mol. The van der Waals surface area contributed by atoms with E-state index in [1.54, 1.807) is 0 Å². The van der Waals surface area contributed by atoms with Crippen molar-refractivity contribution in [1.82, 2.24) is 0 Å². The zero-order valence-electron chi connectivity index (χ0n) is 19.7. The van der Waals surface area contributed by atoms with Crippen molar-refractivity contribution in [2.75, 3.05) is 0 Å². The van der Waals surface area contributed by atoms with Crippen LogP contribution in [0.1, 0.15) is 109 Å². The summed E-state index contributed by atoms with van der Waals surface area (Å²) in [6.45, 7) is 4.58. The van der Waals surface area contributed by atoms with E-state index in [9.17, 15) is 0 Å². The van der Waals surface area contributed by atoms with Crippen LogP contribution in [-0.4, -0.2) is 12.4 Å². The van der Waals surface area contributed by atoms with E-state index in [1.165, 1.54) is 95.5 Å². The van der Waals surface area contributed by atoms with E-state index < -0.39 is 0 Å². The van der Waals surface area contributed by atoms with Gasteiger partial charge in [0.05, 0.1) is 5.92 Å². The molecule has 2 heteroatoms. The number of rotatable bonds is 18. The van der Waals surface area contributed by atoms with Crippen LogP contribution in [0.15, 0.2) is 40.3 Å². The first-order valence-corrected chi connectivity index (χ1v) is 12.8. The molecule has 1 aliphatic heterocycles. The Labute approximate surface area is 186 Å². The Hall–Kier alpha value is -1.57. The third kappa shape index (κ3) is 9.96. The number of hydrogen-bond donors (Lipinski definition) is 0. The van der Waals surface area contributed by atoms with E-state index in [-0.39, 0.29) is 0 Å². The SMILES string of the molecule is CCCCCCCCCCC(Cc1ccccc1)C(CCCCCC)[C+]1N=CC=N1. The van der Waals surface area contributed by atoms with Gasteiger partial charge in [-0.2, -0.15) is 0 Å². The van der Waals surface area contributed by atoms with Crippen molar-refractivity contribution in [2.45, 2.75) is 110 Å². The topological polar surface area (TPSA) is 24.7 Å². The van der Waals surface area contributed by atoms with Crippen LogP contribution in [0.2, 0.25) is 0 Å². The van der Waals surface area contributed by atoms with Gasteiger partial charge >= 0.3 is 0 Å². The molecule has 0 N–H and O–H groups in total. The Morgan fingerprint density at radius 2 is 1.20 bits per heavy atom. The smallest absolute Gasteiger partial charge is 0.0965 e. The summed E-state index contributed by atoms with van der Waals surface area (Å²) in [6.07, 6.45) is 24.9. The fourth-order valence-corrected chi connectivity index (χ4v) is 4.71. The van der Waals surface area contributed by atoms with Crippen molar-refractivity contribution in [3.8, 4) is 0 Å². The average molecular weight is 410 g/mol. The molecular formula is C28H45N2+. The predicted molar refractivity (Wildman–Crippen MR) is 133 cm³/mol. The molecule has 0 spiro atoms. The van der Waals surface area contributed by atoms with Crippen LogP contribution in [0, 0.1) is 18.0 Å². The lowest BCUT2D eigenvalue weighted by Crippen LogP contribution is -2.22. The van der Waals surface area contributed by atoms with Gasteiger partial charge in [-0.15, -0.1) is 0 Å². The van der Waals surface area contributed by atoms with Crippen molar-refractivity contribution in [2.24, 2.45) is 21.8 Å². The van der Waals surface area contributed by atoms with Crippen LogP contribution >= 0.6 is 0 Å². The van der Waals surface area contributed by atoms with E-state index in [0.29, 0.717) is 11.8 Å². The summed E-state index contributed by atoms with van der Waals surface area (Å²) in [7, 11) is 0. The number of unbranched alkanes of at least 4 members (excludes halogenated alkanes) is 10. The van der Waals surface area contributed by atoms with Gasteiger partial charge < -0.3 is 0 Å². The van der Waals surface area contributed by atoms with Crippen LogP contribution < -0.4 is 0 Å². The highest BCUT2D eigenvalue weighted by Crippen LogP contribution is 2.36. The highest BCUT2D eigenvalue weighted by molar-refractivity contribution is 6.18. The fourth-order valence-electron chi connectivity index (χ4n) is 4.71.